The molecule has 0 unspecified atom stereocenters. The second-order valence-electron chi connectivity index (χ2n) is 6.78. The number of likely N-dealkylation sites (N-methyl/N-ethyl adjacent to an activating group) is 1. The van der Waals surface area contributed by atoms with E-state index in [1.807, 2.05) is 37.2 Å². The number of anilines is 1. The molecule has 3 aromatic rings. The minimum Gasteiger partial charge on any atom is -0.497 e. The summed E-state index contributed by atoms with van der Waals surface area (Å²) in [6.45, 7) is 1.18. The van der Waals surface area contributed by atoms with Crippen LogP contribution in [0.5, 0.6) is 5.75 Å². The SMILES string of the molecule is COc1ccc2nc(N(CCN(C)C)C(=O)Cc3ccc([N+](=O)[O-])cc3)sc2c1. The molecule has 1 heterocycles. The molecule has 152 valence electrons. The Balaban J connectivity index is 1.85. The third kappa shape index (κ3) is 5.07. The molecule has 29 heavy (non-hydrogen) atoms. The lowest BCUT2D eigenvalue weighted by atomic mass is 10.1. The van der Waals surface area contributed by atoms with Gasteiger partial charge >= 0.3 is 0 Å². The monoisotopic (exact) mass is 414 g/mol. The van der Waals surface area contributed by atoms with E-state index in [4.69, 9.17) is 4.74 Å². The van der Waals surface area contributed by atoms with Gasteiger partial charge in [-0.05, 0) is 37.9 Å². The number of nitro benzene ring substituents is 1. The molecule has 0 aliphatic rings. The fourth-order valence-corrected chi connectivity index (χ4v) is 3.81. The van der Waals surface area contributed by atoms with Crippen molar-refractivity contribution in [3.8, 4) is 5.75 Å². The smallest absolute Gasteiger partial charge is 0.269 e. The van der Waals surface area contributed by atoms with Crippen LogP contribution in [0.2, 0.25) is 0 Å². The molecule has 0 atom stereocenters. The Kier molecular flexibility index (Phi) is 6.40. The van der Waals surface area contributed by atoms with Crippen molar-refractivity contribution in [3.63, 3.8) is 0 Å². The first-order chi connectivity index (χ1) is 13.9. The number of carbonyl (C=O) groups excluding carboxylic acids is 1. The number of nitro groups is 1. The van der Waals surface area contributed by atoms with E-state index in [9.17, 15) is 14.9 Å². The van der Waals surface area contributed by atoms with Gasteiger partial charge in [0, 0.05) is 25.2 Å². The molecule has 0 saturated heterocycles. The van der Waals surface area contributed by atoms with Gasteiger partial charge in [-0.1, -0.05) is 23.5 Å². The van der Waals surface area contributed by atoms with Crippen LogP contribution in [-0.4, -0.2) is 55.0 Å². The number of carbonyl (C=O) groups is 1. The topological polar surface area (TPSA) is 88.8 Å². The van der Waals surface area contributed by atoms with Crippen molar-refractivity contribution in [1.29, 1.82) is 0 Å². The summed E-state index contributed by atoms with van der Waals surface area (Å²) in [5, 5.41) is 11.4. The van der Waals surface area contributed by atoms with Gasteiger partial charge in [0.1, 0.15) is 5.75 Å². The summed E-state index contributed by atoms with van der Waals surface area (Å²) < 4.78 is 6.21. The Hall–Kier alpha value is -3.04. The van der Waals surface area contributed by atoms with Crippen LogP contribution in [-0.2, 0) is 11.2 Å². The first-order valence-electron chi connectivity index (χ1n) is 9.00. The number of ether oxygens (including phenoxy) is 1. The maximum atomic E-state index is 13.1. The van der Waals surface area contributed by atoms with Gasteiger partial charge in [0.15, 0.2) is 5.13 Å². The van der Waals surface area contributed by atoms with Crippen molar-refractivity contribution in [1.82, 2.24) is 9.88 Å². The highest BCUT2D eigenvalue weighted by atomic mass is 32.1. The van der Waals surface area contributed by atoms with Crippen LogP contribution in [0.3, 0.4) is 0 Å². The minimum atomic E-state index is -0.454. The summed E-state index contributed by atoms with van der Waals surface area (Å²) >= 11 is 1.44. The van der Waals surface area contributed by atoms with Gasteiger partial charge in [-0.3, -0.25) is 19.8 Å². The van der Waals surface area contributed by atoms with E-state index in [2.05, 4.69) is 4.98 Å². The molecule has 8 nitrogen and oxygen atoms in total. The molecule has 0 saturated carbocycles. The number of methoxy groups -OCH3 is 1. The van der Waals surface area contributed by atoms with Crippen LogP contribution in [0.25, 0.3) is 10.2 Å². The number of fused-ring (bicyclic) bond motifs is 1. The zero-order valence-electron chi connectivity index (χ0n) is 16.5. The highest BCUT2D eigenvalue weighted by Gasteiger charge is 2.21. The maximum Gasteiger partial charge on any atom is 0.269 e. The van der Waals surface area contributed by atoms with Crippen LogP contribution in [0.15, 0.2) is 42.5 Å². The third-order valence-electron chi connectivity index (χ3n) is 4.39. The first kappa shape index (κ1) is 20.7. The molecule has 1 aromatic heterocycles. The van der Waals surface area contributed by atoms with Crippen molar-refractivity contribution < 1.29 is 14.5 Å². The molecule has 0 aliphatic carbocycles. The molecule has 9 heteroatoms. The van der Waals surface area contributed by atoms with E-state index >= 15 is 0 Å². The number of aromatic nitrogens is 1. The van der Waals surface area contributed by atoms with Gasteiger partial charge in [0.2, 0.25) is 5.91 Å². The highest BCUT2D eigenvalue weighted by molar-refractivity contribution is 7.22. The number of rotatable bonds is 8. The molecule has 0 N–H and O–H groups in total. The predicted octanol–water partition coefficient (Wildman–Crippen LogP) is 3.35. The summed E-state index contributed by atoms with van der Waals surface area (Å²) in [5.74, 6) is 0.636. The zero-order valence-corrected chi connectivity index (χ0v) is 17.3. The average Bonchev–Trinajstić information content (AvgIpc) is 3.10. The molecular weight excluding hydrogens is 392 g/mol. The van der Waals surface area contributed by atoms with E-state index in [-0.39, 0.29) is 18.0 Å². The standard InChI is InChI=1S/C20H22N4O4S/c1-22(2)10-11-23(19(25)12-14-4-6-15(7-5-14)24(26)27)20-21-17-9-8-16(28-3)13-18(17)29-20/h4-9,13H,10-12H2,1-3H3. The molecule has 0 bridgehead atoms. The number of hydrogen-bond acceptors (Lipinski definition) is 7. The van der Waals surface area contributed by atoms with Gasteiger partial charge in [0.05, 0.1) is 28.7 Å². The van der Waals surface area contributed by atoms with E-state index in [0.29, 0.717) is 18.2 Å². The van der Waals surface area contributed by atoms with E-state index in [1.165, 1.54) is 23.5 Å². The summed E-state index contributed by atoms with van der Waals surface area (Å²) in [6, 6.07) is 11.7. The Morgan fingerprint density at radius 2 is 1.90 bits per heavy atom. The Bertz CT molecular complexity index is 1020. The third-order valence-corrected chi connectivity index (χ3v) is 5.43. The molecule has 0 aliphatic heterocycles. The molecule has 0 fully saturated rings. The number of non-ortho nitro benzene ring substituents is 1. The quantitative estimate of drug-likeness (QED) is 0.415. The Morgan fingerprint density at radius 1 is 1.17 bits per heavy atom. The Labute approximate surface area is 172 Å². The van der Waals surface area contributed by atoms with Crippen LogP contribution in [0.4, 0.5) is 10.8 Å². The van der Waals surface area contributed by atoms with Crippen molar-refractivity contribution in [3.05, 3.63) is 58.1 Å². The van der Waals surface area contributed by atoms with Crippen molar-refractivity contribution >= 4 is 38.3 Å². The number of benzene rings is 2. The number of hydrogen-bond donors (Lipinski definition) is 0. The molecule has 1 amide bonds. The number of nitrogens with zero attached hydrogens (tertiary/aromatic N) is 4. The van der Waals surface area contributed by atoms with Crippen LogP contribution >= 0.6 is 11.3 Å². The lowest BCUT2D eigenvalue weighted by molar-refractivity contribution is -0.384. The highest BCUT2D eigenvalue weighted by Crippen LogP contribution is 2.31. The van der Waals surface area contributed by atoms with Crippen molar-refractivity contribution in [2.75, 3.05) is 39.2 Å². The van der Waals surface area contributed by atoms with Crippen LogP contribution < -0.4 is 9.64 Å². The van der Waals surface area contributed by atoms with Crippen LogP contribution in [0.1, 0.15) is 5.56 Å². The maximum absolute atomic E-state index is 13.1. The fourth-order valence-electron chi connectivity index (χ4n) is 2.77. The predicted molar refractivity (Wildman–Crippen MR) is 114 cm³/mol. The van der Waals surface area contributed by atoms with E-state index in [1.54, 1.807) is 24.1 Å². The van der Waals surface area contributed by atoms with Gasteiger partial charge in [-0.2, -0.15) is 0 Å². The minimum absolute atomic E-state index is 0.00535. The molecule has 0 spiro atoms. The summed E-state index contributed by atoms with van der Waals surface area (Å²) in [5.41, 5.74) is 1.54. The summed E-state index contributed by atoms with van der Waals surface area (Å²) in [6.07, 6.45) is 0.144. The van der Waals surface area contributed by atoms with Crippen molar-refractivity contribution in [2.24, 2.45) is 0 Å². The fraction of sp³-hybridized carbons (Fsp3) is 0.300. The lowest BCUT2D eigenvalue weighted by Gasteiger charge is -2.22. The molecule has 2 aromatic carbocycles. The van der Waals surface area contributed by atoms with Crippen molar-refractivity contribution in [2.45, 2.75) is 6.42 Å². The summed E-state index contributed by atoms with van der Waals surface area (Å²) in [4.78, 5) is 31.7. The second kappa shape index (κ2) is 8.97. The number of amides is 1. The first-order valence-corrected chi connectivity index (χ1v) is 9.82. The molecule has 3 rings (SSSR count). The normalized spacial score (nSPS) is 11.0. The Morgan fingerprint density at radius 3 is 2.52 bits per heavy atom. The van der Waals surface area contributed by atoms with Gasteiger partial charge in [0.25, 0.3) is 5.69 Å². The van der Waals surface area contributed by atoms with Gasteiger partial charge < -0.3 is 9.64 Å². The summed E-state index contributed by atoms with van der Waals surface area (Å²) in [7, 11) is 5.50. The largest absolute Gasteiger partial charge is 0.497 e. The number of thiazole rings is 1. The molecular formula is C20H22N4O4S. The zero-order chi connectivity index (χ0) is 21.0. The average molecular weight is 414 g/mol. The van der Waals surface area contributed by atoms with E-state index in [0.717, 1.165) is 21.5 Å². The van der Waals surface area contributed by atoms with Crippen LogP contribution in [0, 0.1) is 10.1 Å². The van der Waals surface area contributed by atoms with E-state index < -0.39 is 4.92 Å². The molecule has 0 radical (unpaired) electrons. The lowest BCUT2D eigenvalue weighted by Crippen LogP contribution is -2.37. The van der Waals surface area contributed by atoms with Gasteiger partial charge in [-0.15, -0.1) is 0 Å². The van der Waals surface area contributed by atoms with Gasteiger partial charge in [-0.25, -0.2) is 4.98 Å². The second-order valence-corrected chi connectivity index (χ2v) is 7.79.